The molecule has 1 aliphatic rings. The van der Waals surface area contributed by atoms with E-state index in [0.717, 1.165) is 19.3 Å². The van der Waals surface area contributed by atoms with Gasteiger partial charge in [-0.25, -0.2) is 8.42 Å². The Morgan fingerprint density at radius 1 is 1.30 bits per heavy atom. The number of anilines is 1. The summed E-state index contributed by atoms with van der Waals surface area (Å²) in [6, 6.07) is 7.24. The summed E-state index contributed by atoms with van der Waals surface area (Å²) in [6.45, 7) is 2.02. The van der Waals surface area contributed by atoms with Crippen LogP contribution in [-0.4, -0.2) is 31.9 Å². The van der Waals surface area contributed by atoms with Gasteiger partial charge in [-0.1, -0.05) is 25.5 Å². The summed E-state index contributed by atoms with van der Waals surface area (Å²) in [5, 5.41) is 12.7. The summed E-state index contributed by atoms with van der Waals surface area (Å²) in [5.74, 6) is 0.386. The van der Waals surface area contributed by atoms with Crippen molar-refractivity contribution in [1.29, 1.82) is 0 Å². The second kappa shape index (κ2) is 6.59. The fourth-order valence-corrected chi connectivity index (χ4v) is 4.39. The van der Waals surface area contributed by atoms with Crippen LogP contribution in [0.5, 0.6) is 0 Å². The van der Waals surface area contributed by atoms with Gasteiger partial charge < -0.3 is 10.4 Å². The van der Waals surface area contributed by atoms with Gasteiger partial charge in [-0.3, -0.25) is 0 Å². The van der Waals surface area contributed by atoms with Crippen LogP contribution in [0.1, 0.15) is 32.6 Å². The summed E-state index contributed by atoms with van der Waals surface area (Å²) in [4.78, 5) is 0.380. The van der Waals surface area contributed by atoms with E-state index in [2.05, 4.69) is 5.32 Å². The molecule has 4 nitrogen and oxygen atoms in total. The first-order chi connectivity index (χ1) is 9.58. The molecule has 0 heterocycles. The molecule has 0 bridgehead atoms. The number of nitrogens with one attached hydrogen (secondary N) is 1. The first-order valence-corrected chi connectivity index (χ1v) is 8.93. The largest absolute Gasteiger partial charge is 0.396 e. The minimum atomic E-state index is -3.23. The fraction of sp³-hybridized carbons (Fsp3) is 0.600. The molecule has 2 N–H and O–H groups in total. The molecule has 0 amide bonds. The summed E-state index contributed by atoms with van der Waals surface area (Å²) in [7, 11) is -3.23. The van der Waals surface area contributed by atoms with E-state index in [0.29, 0.717) is 17.0 Å². The molecule has 20 heavy (non-hydrogen) atoms. The number of rotatable bonds is 6. The third-order valence-electron chi connectivity index (χ3n) is 3.93. The molecular weight excluding hydrogens is 274 g/mol. The van der Waals surface area contributed by atoms with E-state index in [9.17, 15) is 13.5 Å². The van der Waals surface area contributed by atoms with Crippen LogP contribution in [0.2, 0.25) is 0 Å². The van der Waals surface area contributed by atoms with Crippen LogP contribution in [0.3, 0.4) is 0 Å². The van der Waals surface area contributed by atoms with Crippen molar-refractivity contribution in [1.82, 2.24) is 0 Å². The van der Waals surface area contributed by atoms with Gasteiger partial charge in [-0.05, 0) is 31.4 Å². The molecule has 1 saturated carbocycles. The Kier molecular flexibility index (Phi) is 5.05. The van der Waals surface area contributed by atoms with Crippen molar-refractivity contribution in [3.8, 4) is 0 Å². The first kappa shape index (κ1) is 15.3. The smallest absolute Gasteiger partial charge is 0.180 e. The molecule has 0 saturated heterocycles. The van der Waals surface area contributed by atoms with Crippen molar-refractivity contribution in [3.63, 3.8) is 0 Å². The Morgan fingerprint density at radius 3 is 2.75 bits per heavy atom. The number of sulfone groups is 1. The quantitative estimate of drug-likeness (QED) is 0.846. The van der Waals surface area contributed by atoms with E-state index < -0.39 is 9.84 Å². The van der Waals surface area contributed by atoms with Gasteiger partial charge in [0.25, 0.3) is 0 Å². The van der Waals surface area contributed by atoms with Crippen LogP contribution < -0.4 is 5.32 Å². The SMILES string of the molecule is CCCS(=O)(=O)c1ccccc1NC1CCCC1CO. The Balaban J connectivity index is 2.24. The zero-order valence-electron chi connectivity index (χ0n) is 11.9. The molecular formula is C15H23NO3S. The highest BCUT2D eigenvalue weighted by atomic mass is 32.2. The monoisotopic (exact) mass is 297 g/mol. The molecule has 1 aliphatic carbocycles. The van der Waals surface area contributed by atoms with Crippen LogP contribution in [-0.2, 0) is 9.84 Å². The van der Waals surface area contributed by atoms with E-state index >= 15 is 0 Å². The molecule has 1 fully saturated rings. The summed E-state index contributed by atoms with van der Waals surface area (Å²) in [5.41, 5.74) is 0.673. The lowest BCUT2D eigenvalue weighted by Crippen LogP contribution is -2.27. The minimum Gasteiger partial charge on any atom is -0.396 e. The predicted molar refractivity (Wildman–Crippen MR) is 80.6 cm³/mol. The predicted octanol–water partition coefficient (Wildman–Crippen LogP) is 2.44. The third-order valence-corrected chi connectivity index (χ3v) is 5.90. The average Bonchev–Trinajstić information content (AvgIpc) is 2.86. The lowest BCUT2D eigenvalue weighted by atomic mass is 10.0. The van der Waals surface area contributed by atoms with E-state index in [1.54, 1.807) is 12.1 Å². The summed E-state index contributed by atoms with van der Waals surface area (Å²) >= 11 is 0. The lowest BCUT2D eigenvalue weighted by Gasteiger charge is -2.22. The van der Waals surface area contributed by atoms with Gasteiger partial charge in [-0.15, -0.1) is 0 Å². The van der Waals surface area contributed by atoms with Crippen molar-refractivity contribution in [2.24, 2.45) is 5.92 Å². The van der Waals surface area contributed by atoms with E-state index in [4.69, 9.17) is 0 Å². The van der Waals surface area contributed by atoms with Crippen LogP contribution in [0.25, 0.3) is 0 Å². The third kappa shape index (κ3) is 3.33. The number of hydrogen-bond donors (Lipinski definition) is 2. The highest BCUT2D eigenvalue weighted by Gasteiger charge is 2.28. The molecule has 0 aromatic heterocycles. The number of aliphatic hydroxyl groups is 1. The molecule has 1 aromatic rings. The highest BCUT2D eigenvalue weighted by Crippen LogP contribution is 2.31. The van der Waals surface area contributed by atoms with Gasteiger partial charge in [0, 0.05) is 18.6 Å². The number of para-hydroxylation sites is 1. The first-order valence-electron chi connectivity index (χ1n) is 7.27. The maximum Gasteiger partial charge on any atom is 0.180 e. The second-order valence-corrected chi connectivity index (χ2v) is 7.52. The molecule has 112 valence electrons. The minimum absolute atomic E-state index is 0.154. The van der Waals surface area contributed by atoms with Gasteiger partial charge in [0.05, 0.1) is 16.3 Å². The Bertz CT molecular complexity index is 542. The fourth-order valence-electron chi connectivity index (χ4n) is 2.88. The van der Waals surface area contributed by atoms with Gasteiger partial charge in [-0.2, -0.15) is 0 Å². The maximum absolute atomic E-state index is 12.3. The van der Waals surface area contributed by atoms with Crippen molar-refractivity contribution in [2.75, 3.05) is 17.7 Å². The average molecular weight is 297 g/mol. The van der Waals surface area contributed by atoms with Gasteiger partial charge >= 0.3 is 0 Å². The molecule has 1 aromatic carbocycles. The molecule has 0 aliphatic heterocycles. The number of hydrogen-bond acceptors (Lipinski definition) is 4. The van der Waals surface area contributed by atoms with Crippen LogP contribution >= 0.6 is 0 Å². The van der Waals surface area contributed by atoms with E-state index in [1.807, 2.05) is 19.1 Å². The van der Waals surface area contributed by atoms with Crippen LogP contribution in [0.15, 0.2) is 29.2 Å². The Hall–Kier alpha value is -1.07. The van der Waals surface area contributed by atoms with Crippen molar-refractivity contribution in [2.45, 2.75) is 43.5 Å². The molecule has 2 atom stereocenters. The maximum atomic E-state index is 12.3. The Morgan fingerprint density at radius 2 is 2.05 bits per heavy atom. The van der Waals surface area contributed by atoms with E-state index in [1.165, 1.54) is 0 Å². The molecule has 0 spiro atoms. The Labute approximate surface area is 121 Å². The second-order valence-electron chi connectivity index (χ2n) is 5.44. The van der Waals surface area contributed by atoms with E-state index in [-0.39, 0.29) is 24.3 Å². The number of aliphatic hydroxyl groups excluding tert-OH is 1. The topological polar surface area (TPSA) is 66.4 Å². The lowest BCUT2D eigenvalue weighted by molar-refractivity contribution is 0.222. The van der Waals surface area contributed by atoms with Gasteiger partial charge in [0.2, 0.25) is 0 Å². The van der Waals surface area contributed by atoms with Crippen molar-refractivity contribution < 1.29 is 13.5 Å². The summed E-state index contributed by atoms with van der Waals surface area (Å²) in [6.07, 6.45) is 3.66. The number of benzene rings is 1. The molecule has 2 rings (SSSR count). The van der Waals surface area contributed by atoms with Crippen molar-refractivity contribution in [3.05, 3.63) is 24.3 Å². The zero-order chi connectivity index (χ0) is 14.6. The summed E-state index contributed by atoms with van der Waals surface area (Å²) < 4.78 is 24.6. The highest BCUT2D eigenvalue weighted by molar-refractivity contribution is 7.91. The zero-order valence-corrected chi connectivity index (χ0v) is 12.7. The van der Waals surface area contributed by atoms with Gasteiger partial charge in [0.1, 0.15) is 0 Å². The standard InChI is InChI=1S/C15H23NO3S/c1-2-10-20(18,19)15-9-4-3-7-14(15)16-13-8-5-6-12(13)11-17/h3-4,7,9,12-13,16-17H,2,5-6,8,10-11H2,1H3. The normalized spacial score (nSPS) is 22.9. The molecule has 5 heteroatoms. The van der Waals surface area contributed by atoms with Crippen molar-refractivity contribution >= 4 is 15.5 Å². The van der Waals surface area contributed by atoms with Crippen LogP contribution in [0.4, 0.5) is 5.69 Å². The van der Waals surface area contributed by atoms with Gasteiger partial charge in [0.15, 0.2) is 9.84 Å². The molecule has 2 unspecified atom stereocenters. The molecule has 0 radical (unpaired) electrons. The van der Waals surface area contributed by atoms with Crippen LogP contribution in [0, 0.1) is 5.92 Å².